The number of rotatable bonds is 4. The van der Waals surface area contributed by atoms with Crippen LogP contribution in [0.1, 0.15) is 19.4 Å². The van der Waals surface area contributed by atoms with Gasteiger partial charge in [0.2, 0.25) is 0 Å². The molecule has 2 aromatic carbocycles. The van der Waals surface area contributed by atoms with Crippen LogP contribution in [0.3, 0.4) is 0 Å². The van der Waals surface area contributed by atoms with E-state index in [1.165, 1.54) is 0 Å². The van der Waals surface area contributed by atoms with E-state index in [1.807, 2.05) is 41.3 Å². The number of nitrogen functional groups attached to an aromatic ring is 1. The van der Waals surface area contributed by atoms with Crippen molar-refractivity contribution >= 4 is 17.3 Å². The van der Waals surface area contributed by atoms with E-state index in [4.69, 9.17) is 10.5 Å². The van der Waals surface area contributed by atoms with E-state index >= 15 is 0 Å². The van der Waals surface area contributed by atoms with E-state index in [-0.39, 0.29) is 5.91 Å². The van der Waals surface area contributed by atoms with Crippen molar-refractivity contribution in [2.45, 2.75) is 26.4 Å². The van der Waals surface area contributed by atoms with Crippen molar-refractivity contribution in [3.05, 3.63) is 54.1 Å². The maximum Gasteiger partial charge on any atom is 0.268 e. The van der Waals surface area contributed by atoms with Crippen LogP contribution in [0.25, 0.3) is 0 Å². The van der Waals surface area contributed by atoms with Crippen molar-refractivity contribution in [3.8, 4) is 5.75 Å². The van der Waals surface area contributed by atoms with Crippen LogP contribution in [0.15, 0.2) is 48.5 Å². The summed E-state index contributed by atoms with van der Waals surface area (Å²) in [6.45, 7) is 4.88. The van der Waals surface area contributed by atoms with Crippen molar-refractivity contribution in [1.82, 2.24) is 0 Å². The van der Waals surface area contributed by atoms with Crippen molar-refractivity contribution < 1.29 is 9.53 Å². The lowest BCUT2D eigenvalue weighted by molar-refractivity contribution is -0.126. The molecule has 1 unspecified atom stereocenters. The molecule has 4 nitrogen and oxygen atoms in total. The Bertz CT molecular complexity index is 698. The van der Waals surface area contributed by atoms with Gasteiger partial charge >= 0.3 is 0 Å². The second kappa shape index (κ2) is 6.32. The number of nitrogens with zero attached hydrogens (tertiary/aromatic N) is 1. The number of carbonyl (C=O) groups is 1. The van der Waals surface area contributed by atoms with Gasteiger partial charge in [-0.05, 0) is 23.6 Å². The lowest BCUT2D eigenvalue weighted by Gasteiger charge is -2.35. The minimum Gasteiger partial charge on any atom is -0.478 e. The molecule has 1 atom stereocenters. The molecule has 1 amide bonds. The Balaban J connectivity index is 1.92. The first-order chi connectivity index (χ1) is 11.0. The molecule has 1 heterocycles. The van der Waals surface area contributed by atoms with Gasteiger partial charge in [0.25, 0.3) is 5.91 Å². The first-order valence-electron chi connectivity index (χ1n) is 7.96. The van der Waals surface area contributed by atoms with E-state index < -0.39 is 6.10 Å². The van der Waals surface area contributed by atoms with Crippen molar-refractivity contribution in [2.75, 3.05) is 17.2 Å². The van der Waals surface area contributed by atoms with Gasteiger partial charge in [0.05, 0.1) is 5.69 Å². The number of benzene rings is 2. The van der Waals surface area contributed by atoms with Gasteiger partial charge < -0.3 is 15.4 Å². The quantitative estimate of drug-likeness (QED) is 0.882. The van der Waals surface area contributed by atoms with E-state index in [0.717, 1.165) is 11.3 Å². The van der Waals surface area contributed by atoms with Crippen molar-refractivity contribution in [1.29, 1.82) is 0 Å². The van der Waals surface area contributed by atoms with Crippen LogP contribution < -0.4 is 15.4 Å². The first kappa shape index (κ1) is 15.4. The summed E-state index contributed by atoms with van der Waals surface area (Å²) in [6, 6.07) is 15.4. The molecule has 3 rings (SSSR count). The Kier molecular flexibility index (Phi) is 4.24. The van der Waals surface area contributed by atoms with Crippen LogP contribution in [0.4, 0.5) is 11.4 Å². The predicted octanol–water partition coefficient (Wildman–Crippen LogP) is 3.26. The summed E-state index contributed by atoms with van der Waals surface area (Å²) in [7, 11) is 0. The Morgan fingerprint density at radius 1 is 1.17 bits per heavy atom. The normalized spacial score (nSPS) is 17.1. The smallest absolute Gasteiger partial charge is 0.268 e. The molecule has 0 fully saturated rings. The largest absolute Gasteiger partial charge is 0.478 e. The molecule has 0 aliphatic carbocycles. The number of carbonyl (C=O) groups excluding carboxylic acids is 1. The number of nitrogens with two attached hydrogens (primary N) is 1. The molecule has 0 aromatic heterocycles. The van der Waals surface area contributed by atoms with Crippen LogP contribution in [-0.4, -0.2) is 18.6 Å². The Morgan fingerprint density at radius 3 is 2.61 bits per heavy atom. The molecule has 0 bridgehead atoms. The summed E-state index contributed by atoms with van der Waals surface area (Å²) in [4.78, 5) is 14.7. The predicted molar refractivity (Wildman–Crippen MR) is 92.6 cm³/mol. The molecule has 0 saturated carbocycles. The topological polar surface area (TPSA) is 55.6 Å². The fourth-order valence-corrected chi connectivity index (χ4v) is 2.85. The van der Waals surface area contributed by atoms with Gasteiger partial charge in [-0.15, -0.1) is 0 Å². The fraction of sp³-hybridized carbons (Fsp3) is 0.316. The fourth-order valence-electron chi connectivity index (χ4n) is 2.85. The Labute approximate surface area is 136 Å². The molecule has 23 heavy (non-hydrogen) atoms. The van der Waals surface area contributed by atoms with Crippen LogP contribution in [-0.2, 0) is 11.2 Å². The van der Waals surface area contributed by atoms with Crippen LogP contribution >= 0.6 is 0 Å². The van der Waals surface area contributed by atoms with Crippen LogP contribution in [0.5, 0.6) is 5.75 Å². The van der Waals surface area contributed by atoms with Gasteiger partial charge in [-0.3, -0.25) is 4.79 Å². The Morgan fingerprint density at radius 2 is 1.91 bits per heavy atom. The molecule has 2 N–H and O–H groups in total. The van der Waals surface area contributed by atoms with E-state index in [0.29, 0.717) is 30.3 Å². The molecule has 0 saturated heterocycles. The standard InChI is InChI=1S/C19H22N2O2/c1-13(2)12-21-16-9-8-15(20)11-17(16)23-18(19(21)22)10-14-6-4-3-5-7-14/h3-9,11,13,18H,10,12,20H2,1-2H3. The van der Waals surface area contributed by atoms with Gasteiger partial charge in [-0.1, -0.05) is 44.2 Å². The third-order valence-corrected chi connectivity index (χ3v) is 3.90. The molecule has 1 aliphatic heterocycles. The number of amides is 1. The lowest BCUT2D eigenvalue weighted by atomic mass is 10.0. The summed E-state index contributed by atoms with van der Waals surface area (Å²) in [5.74, 6) is 1.07. The molecular formula is C19H22N2O2. The molecule has 1 aliphatic rings. The average Bonchev–Trinajstić information content (AvgIpc) is 2.52. The molecule has 120 valence electrons. The average molecular weight is 310 g/mol. The highest BCUT2D eigenvalue weighted by Crippen LogP contribution is 2.36. The van der Waals surface area contributed by atoms with Gasteiger partial charge in [0.15, 0.2) is 6.10 Å². The highest BCUT2D eigenvalue weighted by atomic mass is 16.5. The lowest BCUT2D eigenvalue weighted by Crippen LogP contribution is -2.48. The first-order valence-corrected chi connectivity index (χ1v) is 7.96. The number of fused-ring (bicyclic) bond motifs is 1. The van der Waals surface area contributed by atoms with Crippen molar-refractivity contribution in [3.63, 3.8) is 0 Å². The zero-order valence-corrected chi connectivity index (χ0v) is 13.5. The summed E-state index contributed by atoms with van der Waals surface area (Å²) in [6.07, 6.45) is 0.0492. The summed E-state index contributed by atoms with van der Waals surface area (Å²) >= 11 is 0. The second-order valence-electron chi connectivity index (χ2n) is 6.37. The van der Waals surface area contributed by atoms with Crippen LogP contribution in [0.2, 0.25) is 0 Å². The van der Waals surface area contributed by atoms with Gasteiger partial charge in [-0.25, -0.2) is 0 Å². The number of hydrogen-bond acceptors (Lipinski definition) is 3. The van der Waals surface area contributed by atoms with Crippen molar-refractivity contribution in [2.24, 2.45) is 5.92 Å². The monoisotopic (exact) mass is 310 g/mol. The minimum atomic E-state index is -0.509. The van der Waals surface area contributed by atoms with E-state index in [9.17, 15) is 4.79 Å². The van der Waals surface area contributed by atoms with Gasteiger partial charge in [-0.2, -0.15) is 0 Å². The summed E-state index contributed by atoms with van der Waals surface area (Å²) in [5, 5.41) is 0. The third-order valence-electron chi connectivity index (χ3n) is 3.90. The zero-order valence-electron chi connectivity index (χ0n) is 13.5. The van der Waals surface area contributed by atoms with E-state index in [1.54, 1.807) is 12.1 Å². The van der Waals surface area contributed by atoms with E-state index in [2.05, 4.69) is 13.8 Å². The second-order valence-corrected chi connectivity index (χ2v) is 6.37. The SMILES string of the molecule is CC(C)CN1C(=O)C(Cc2ccccc2)Oc2cc(N)ccc21. The highest BCUT2D eigenvalue weighted by Gasteiger charge is 2.34. The van der Waals surface area contributed by atoms with Crippen LogP contribution in [0, 0.1) is 5.92 Å². The minimum absolute atomic E-state index is 0.0137. The summed E-state index contributed by atoms with van der Waals surface area (Å²) < 4.78 is 5.97. The highest BCUT2D eigenvalue weighted by molar-refractivity contribution is 6.00. The maximum atomic E-state index is 12.9. The summed E-state index contributed by atoms with van der Waals surface area (Å²) in [5.41, 5.74) is 8.41. The molecule has 0 spiro atoms. The number of hydrogen-bond donors (Lipinski definition) is 1. The molecule has 2 aromatic rings. The third kappa shape index (κ3) is 3.31. The molecule has 4 heteroatoms. The Hall–Kier alpha value is -2.49. The zero-order chi connectivity index (χ0) is 16.4. The molecular weight excluding hydrogens is 288 g/mol. The molecule has 0 radical (unpaired) electrons. The van der Waals surface area contributed by atoms with Gasteiger partial charge in [0.1, 0.15) is 5.75 Å². The number of ether oxygens (including phenoxy) is 1. The number of anilines is 2. The van der Waals surface area contributed by atoms with Gasteiger partial charge in [0, 0.05) is 24.7 Å². The maximum absolute atomic E-state index is 12.9.